The average molecular weight is 300 g/mol. The Morgan fingerprint density at radius 3 is 2.38 bits per heavy atom. The summed E-state index contributed by atoms with van der Waals surface area (Å²) in [7, 11) is 0. The van der Waals surface area contributed by atoms with Crippen LogP contribution in [0.25, 0.3) is 0 Å². The first-order chi connectivity index (χ1) is 9.70. The van der Waals surface area contributed by atoms with Crippen molar-refractivity contribution in [3.8, 4) is 0 Å². The van der Waals surface area contributed by atoms with Crippen molar-refractivity contribution in [2.24, 2.45) is 11.7 Å². The van der Waals surface area contributed by atoms with Crippen molar-refractivity contribution in [2.45, 2.75) is 32.9 Å². The number of alkyl halides is 3. The van der Waals surface area contributed by atoms with Gasteiger partial charge in [-0.3, -0.25) is 10.4 Å². The van der Waals surface area contributed by atoms with Gasteiger partial charge in [0.1, 0.15) is 5.84 Å². The van der Waals surface area contributed by atoms with Gasteiger partial charge in [0.25, 0.3) is 0 Å². The number of nitrogen functional groups attached to an aromatic ring is 1. The first-order valence-electron chi connectivity index (χ1n) is 6.84. The van der Waals surface area contributed by atoms with Gasteiger partial charge in [0.15, 0.2) is 0 Å². The van der Waals surface area contributed by atoms with Gasteiger partial charge in [-0.05, 0) is 32.8 Å². The van der Waals surface area contributed by atoms with Crippen LogP contribution in [0.5, 0.6) is 0 Å². The number of amidine groups is 1. The molecule has 2 heterocycles. The van der Waals surface area contributed by atoms with Crippen LogP contribution in [0, 0.1) is 25.2 Å². The number of hydrogen-bond donors (Lipinski definition) is 2. The van der Waals surface area contributed by atoms with E-state index in [-0.39, 0.29) is 18.7 Å². The lowest BCUT2D eigenvalue weighted by atomic mass is 9.95. The Morgan fingerprint density at radius 1 is 1.33 bits per heavy atom. The Morgan fingerprint density at radius 2 is 1.90 bits per heavy atom. The topological polar surface area (TPSA) is 66.0 Å². The fourth-order valence-corrected chi connectivity index (χ4v) is 2.84. The number of halogens is 3. The molecule has 0 unspecified atom stereocenters. The highest BCUT2D eigenvalue weighted by Gasteiger charge is 2.41. The smallest absolute Gasteiger partial charge is 0.384 e. The molecule has 0 atom stereocenters. The molecule has 1 aromatic heterocycles. The molecule has 0 saturated carbocycles. The molecule has 1 fully saturated rings. The fourth-order valence-electron chi connectivity index (χ4n) is 2.84. The van der Waals surface area contributed by atoms with Gasteiger partial charge in [0, 0.05) is 18.8 Å². The van der Waals surface area contributed by atoms with Gasteiger partial charge >= 0.3 is 6.18 Å². The van der Waals surface area contributed by atoms with E-state index >= 15 is 0 Å². The molecule has 1 aromatic rings. The maximum atomic E-state index is 12.7. The van der Waals surface area contributed by atoms with E-state index in [0.29, 0.717) is 30.0 Å². The predicted molar refractivity (Wildman–Crippen MR) is 75.7 cm³/mol. The number of pyridine rings is 1. The second kappa shape index (κ2) is 5.54. The highest BCUT2D eigenvalue weighted by Crippen LogP contribution is 2.36. The number of hydrogen-bond acceptors (Lipinski definition) is 3. The second-order valence-corrected chi connectivity index (χ2v) is 5.46. The number of aryl methyl sites for hydroxylation is 2. The third-order valence-electron chi connectivity index (χ3n) is 3.88. The van der Waals surface area contributed by atoms with Crippen molar-refractivity contribution in [1.29, 1.82) is 5.41 Å². The Balaban J connectivity index is 2.26. The zero-order chi connectivity index (χ0) is 15.8. The largest absolute Gasteiger partial charge is 0.391 e. The zero-order valence-corrected chi connectivity index (χ0v) is 12.1. The molecule has 21 heavy (non-hydrogen) atoms. The van der Waals surface area contributed by atoms with Gasteiger partial charge in [-0.15, -0.1) is 0 Å². The maximum Gasteiger partial charge on any atom is 0.391 e. The Hall–Kier alpha value is -1.79. The van der Waals surface area contributed by atoms with E-state index in [9.17, 15) is 13.2 Å². The third-order valence-corrected chi connectivity index (χ3v) is 3.88. The van der Waals surface area contributed by atoms with E-state index < -0.39 is 12.1 Å². The van der Waals surface area contributed by atoms with Gasteiger partial charge in [0.2, 0.25) is 0 Å². The molecule has 1 saturated heterocycles. The Labute approximate surface area is 121 Å². The quantitative estimate of drug-likeness (QED) is 0.652. The molecular formula is C14H19F3N4. The van der Waals surface area contributed by atoms with E-state index in [4.69, 9.17) is 11.1 Å². The summed E-state index contributed by atoms with van der Waals surface area (Å²) in [5, 5.41) is 7.68. The predicted octanol–water partition coefficient (Wildman–Crippen LogP) is 2.76. The van der Waals surface area contributed by atoms with Crippen molar-refractivity contribution in [2.75, 3.05) is 18.0 Å². The van der Waals surface area contributed by atoms with Crippen molar-refractivity contribution >= 4 is 11.5 Å². The minimum atomic E-state index is -4.13. The van der Waals surface area contributed by atoms with Gasteiger partial charge in [0.05, 0.1) is 22.9 Å². The number of nitrogens with one attached hydrogen (secondary N) is 1. The summed E-state index contributed by atoms with van der Waals surface area (Å²) >= 11 is 0. The summed E-state index contributed by atoms with van der Waals surface area (Å²) in [5.41, 5.74) is 8.24. The number of aromatic nitrogens is 1. The summed E-state index contributed by atoms with van der Waals surface area (Å²) in [6.45, 7) is 4.21. The van der Waals surface area contributed by atoms with Crippen LogP contribution in [0.15, 0.2) is 6.07 Å². The standard InChI is InChI=1S/C14H19F3N4/c1-8-7-11(12(13(18)19)9(2)20-8)21-5-3-10(4-6-21)14(15,16)17/h7,10H,3-6H2,1-2H3,(H3,18,19). The van der Waals surface area contributed by atoms with Crippen LogP contribution in [0.3, 0.4) is 0 Å². The number of nitrogens with zero attached hydrogens (tertiary/aromatic N) is 2. The van der Waals surface area contributed by atoms with E-state index in [2.05, 4.69) is 4.98 Å². The van der Waals surface area contributed by atoms with Crippen LogP contribution >= 0.6 is 0 Å². The summed E-state index contributed by atoms with van der Waals surface area (Å²) in [4.78, 5) is 6.15. The van der Waals surface area contributed by atoms with Gasteiger partial charge in [-0.2, -0.15) is 13.2 Å². The molecule has 3 N–H and O–H groups in total. The lowest BCUT2D eigenvalue weighted by Crippen LogP contribution is -2.40. The lowest BCUT2D eigenvalue weighted by molar-refractivity contribution is -0.179. The van der Waals surface area contributed by atoms with Gasteiger partial charge in [-0.25, -0.2) is 0 Å². The van der Waals surface area contributed by atoms with Crippen LogP contribution < -0.4 is 10.6 Å². The fraction of sp³-hybridized carbons (Fsp3) is 0.571. The monoisotopic (exact) mass is 300 g/mol. The van der Waals surface area contributed by atoms with Gasteiger partial charge in [-0.1, -0.05) is 0 Å². The maximum absolute atomic E-state index is 12.7. The molecule has 1 aliphatic heterocycles. The van der Waals surface area contributed by atoms with Crippen LogP contribution in [0.2, 0.25) is 0 Å². The Kier molecular flexibility index (Phi) is 4.11. The number of piperidine rings is 1. The van der Waals surface area contributed by atoms with E-state index in [1.54, 1.807) is 13.0 Å². The number of rotatable bonds is 2. The Bertz CT molecular complexity index is 546. The molecule has 2 rings (SSSR count). The van der Waals surface area contributed by atoms with Crippen molar-refractivity contribution < 1.29 is 13.2 Å². The van der Waals surface area contributed by atoms with Crippen LogP contribution in [-0.2, 0) is 0 Å². The molecule has 1 aliphatic rings. The first-order valence-corrected chi connectivity index (χ1v) is 6.84. The second-order valence-electron chi connectivity index (χ2n) is 5.46. The highest BCUT2D eigenvalue weighted by molar-refractivity contribution is 6.01. The summed E-state index contributed by atoms with van der Waals surface area (Å²) in [6.07, 6.45) is -3.98. The van der Waals surface area contributed by atoms with Gasteiger partial charge < -0.3 is 10.6 Å². The van der Waals surface area contributed by atoms with E-state index in [0.717, 1.165) is 5.69 Å². The molecule has 0 aliphatic carbocycles. The minimum Gasteiger partial charge on any atom is -0.384 e. The minimum absolute atomic E-state index is 0.0707. The molecule has 0 radical (unpaired) electrons. The third kappa shape index (κ3) is 3.28. The highest BCUT2D eigenvalue weighted by atomic mass is 19.4. The summed E-state index contributed by atoms with van der Waals surface area (Å²) < 4.78 is 38.2. The normalized spacial score (nSPS) is 17.1. The van der Waals surface area contributed by atoms with Crippen molar-refractivity contribution in [3.63, 3.8) is 0 Å². The van der Waals surface area contributed by atoms with E-state index in [1.807, 2.05) is 11.8 Å². The van der Waals surface area contributed by atoms with Crippen LogP contribution in [0.1, 0.15) is 29.8 Å². The number of nitrogens with two attached hydrogens (primary N) is 1. The van der Waals surface area contributed by atoms with E-state index in [1.165, 1.54) is 0 Å². The molecule has 0 aromatic carbocycles. The van der Waals surface area contributed by atoms with Crippen molar-refractivity contribution in [3.05, 3.63) is 23.0 Å². The molecule has 116 valence electrons. The molecule has 0 bridgehead atoms. The van der Waals surface area contributed by atoms with Crippen LogP contribution in [-0.4, -0.2) is 30.1 Å². The molecule has 0 amide bonds. The summed E-state index contributed by atoms with van der Waals surface area (Å²) in [5.74, 6) is -1.34. The molecule has 4 nitrogen and oxygen atoms in total. The van der Waals surface area contributed by atoms with Crippen molar-refractivity contribution in [1.82, 2.24) is 4.98 Å². The molecular weight excluding hydrogens is 281 g/mol. The first kappa shape index (κ1) is 15.6. The average Bonchev–Trinajstić information content (AvgIpc) is 2.36. The zero-order valence-electron chi connectivity index (χ0n) is 12.1. The molecule has 0 spiro atoms. The SMILES string of the molecule is Cc1cc(N2CCC(C(F)(F)F)CC2)c(C(=N)N)c(C)n1. The van der Waals surface area contributed by atoms with Crippen LogP contribution in [0.4, 0.5) is 18.9 Å². The molecule has 7 heteroatoms. The number of anilines is 1. The lowest BCUT2D eigenvalue weighted by Gasteiger charge is -2.35. The summed E-state index contributed by atoms with van der Waals surface area (Å²) in [6, 6.07) is 1.79.